The van der Waals surface area contributed by atoms with Gasteiger partial charge in [0.25, 0.3) is 0 Å². The maximum atomic E-state index is 11.7. The largest absolute Gasteiger partial charge is 0.444 e. The lowest BCUT2D eigenvalue weighted by Crippen LogP contribution is -2.92. The van der Waals surface area contributed by atoms with Crippen LogP contribution in [0.5, 0.6) is 0 Å². The molecule has 2 unspecified atom stereocenters. The van der Waals surface area contributed by atoms with Crippen molar-refractivity contribution in [3.63, 3.8) is 0 Å². The number of amides is 2. The topological polar surface area (TPSA) is 76.1 Å². The Bertz CT molecular complexity index is 451. The molecule has 5 nitrogen and oxygen atoms in total. The minimum atomic E-state index is -0.00824. The fourth-order valence-electron chi connectivity index (χ4n) is 2.38. The molecule has 2 heterocycles. The third-order valence-corrected chi connectivity index (χ3v) is 3.24. The lowest BCUT2D eigenvalue weighted by molar-refractivity contribution is -0.598. The van der Waals surface area contributed by atoms with Crippen LogP contribution in [-0.2, 0) is 6.42 Å². The summed E-state index contributed by atoms with van der Waals surface area (Å²) in [6, 6.07) is 0.177. The van der Waals surface area contributed by atoms with E-state index in [9.17, 15) is 4.79 Å². The van der Waals surface area contributed by atoms with E-state index >= 15 is 0 Å². The average molecular weight is 238 g/mol. The van der Waals surface area contributed by atoms with E-state index in [1.807, 2.05) is 20.8 Å². The van der Waals surface area contributed by atoms with Gasteiger partial charge in [0.05, 0.1) is 5.56 Å². The molecule has 2 atom stereocenters. The number of urea groups is 1. The molecule has 0 aromatic carbocycles. The number of quaternary nitrogens is 1. The van der Waals surface area contributed by atoms with Crippen molar-refractivity contribution in [3.8, 4) is 0 Å². The van der Waals surface area contributed by atoms with Crippen molar-refractivity contribution in [1.82, 2.24) is 0 Å². The van der Waals surface area contributed by atoms with Crippen molar-refractivity contribution >= 4 is 11.9 Å². The predicted molar refractivity (Wildman–Crippen MR) is 64.9 cm³/mol. The number of hydrogen-bond donors (Lipinski definition) is 2. The molecule has 0 saturated carbocycles. The fraction of sp³-hybridized carbons (Fsp3) is 0.583. The molecular weight excluding hydrogens is 218 g/mol. The second-order valence-electron chi connectivity index (χ2n) is 4.89. The van der Waals surface area contributed by atoms with Gasteiger partial charge in [-0.25, -0.2) is 9.69 Å². The first-order valence-electron chi connectivity index (χ1n) is 5.92. The molecule has 2 amide bonds. The molecule has 5 heteroatoms. The number of aryl methyl sites for hydroxylation is 1. The van der Waals surface area contributed by atoms with Crippen molar-refractivity contribution < 1.29 is 14.5 Å². The van der Waals surface area contributed by atoms with Gasteiger partial charge in [0.15, 0.2) is 0 Å². The fourth-order valence-corrected chi connectivity index (χ4v) is 2.38. The van der Waals surface area contributed by atoms with Gasteiger partial charge in [0.1, 0.15) is 11.8 Å². The zero-order chi connectivity index (χ0) is 12.7. The third kappa shape index (κ3) is 1.96. The van der Waals surface area contributed by atoms with E-state index in [1.54, 1.807) is 17.3 Å². The lowest BCUT2D eigenvalue weighted by atomic mass is 9.97. The van der Waals surface area contributed by atoms with Crippen LogP contribution in [0.1, 0.15) is 36.8 Å². The van der Waals surface area contributed by atoms with Crippen molar-refractivity contribution in [2.75, 3.05) is 11.9 Å². The zero-order valence-electron chi connectivity index (χ0n) is 10.8. The molecule has 1 aliphatic rings. The van der Waals surface area contributed by atoms with Crippen LogP contribution in [0.2, 0.25) is 0 Å². The summed E-state index contributed by atoms with van der Waals surface area (Å²) in [5.74, 6) is 1.55. The quantitative estimate of drug-likeness (QED) is 0.795. The molecule has 17 heavy (non-hydrogen) atoms. The summed E-state index contributed by atoms with van der Waals surface area (Å²) in [6.07, 6.45) is 0.783. The van der Waals surface area contributed by atoms with Crippen LogP contribution < -0.4 is 16.0 Å². The second kappa shape index (κ2) is 4.16. The summed E-state index contributed by atoms with van der Waals surface area (Å²) in [5.41, 5.74) is 8.12. The summed E-state index contributed by atoms with van der Waals surface area (Å²) in [7, 11) is 1.74. The Morgan fingerprint density at radius 3 is 2.82 bits per heavy atom. The molecule has 1 aliphatic heterocycles. The number of carbonyl (C=O) groups excluding carboxylic acids is 1. The highest BCUT2D eigenvalue weighted by Gasteiger charge is 2.36. The van der Waals surface area contributed by atoms with Crippen LogP contribution in [-0.4, -0.2) is 19.1 Å². The summed E-state index contributed by atoms with van der Waals surface area (Å²) < 4.78 is 5.72. The Balaban J connectivity index is 2.50. The Kier molecular flexibility index (Phi) is 2.97. The van der Waals surface area contributed by atoms with Gasteiger partial charge in [-0.05, 0) is 27.2 Å². The van der Waals surface area contributed by atoms with E-state index in [2.05, 4.69) is 0 Å². The highest BCUT2D eigenvalue weighted by Crippen LogP contribution is 2.35. The number of carbonyl (C=O) groups is 1. The van der Waals surface area contributed by atoms with Gasteiger partial charge in [-0.2, -0.15) is 0 Å². The molecule has 0 saturated heterocycles. The monoisotopic (exact) mass is 238 g/mol. The Morgan fingerprint density at radius 1 is 1.59 bits per heavy atom. The molecule has 2 rings (SSSR count). The highest BCUT2D eigenvalue weighted by molar-refractivity contribution is 5.86. The first-order chi connectivity index (χ1) is 7.91. The van der Waals surface area contributed by atoms with E-state index in [0.29, 0.717) is 5.88 Å². The number of rotatable bonds is 2. The van der Waals surface area contributed by atoms with Crippen molar-refractivity contribution in [2.45, 2.75) is 39.3 Å². The van der Waals surface area contributed by atoms with Gasteiger partial charge in [-0.1, -0.05) is 0 Å². The van der Waals surface area contributed by atoms with E-state index < -0.39 is 0 Å². The molecular formula is C12H20N3O2+. The maximum Gasteiger partial charge on any atom is 0.422 e. The zero-order valence-corrected chi connectivity index (χ0v) is 10.8. The number of furan rings is 1. The molecule has 0 radical (unpaired) electrons. The Morgan fingerprint density at radius 2 is 2.24 bits per heavy atom. The molecule has 0 spiro atoms. The Labute approximate surface area is 101 Å². The lowest BCUT2D eigenvalue weighted by Gasteiger charge is -2.23. The van der Waals surface area contributed by atoms with E-state index in [1.165, 1.54) is 0 Å². The molecule has 0 fully saturated rings. The molecule has 1 aromatic heterocycles. The molecule has 0 aliphatic carbocycles. The summed E-state index contributed by atoms with van der Waals surface area (Å²) >= 11 is 0. The maximum absolute atomic E-state index is 11.7. The van der Waals surface area contributed by atoms with E-state index in [4.69, 9.17) is 10.2 Å². The van der Waals surface area contributed by atoms with Gasteiger partial charge in [0.2, 0.25) is 5.88 Å². The second-order valence-corrected chi connectivity index (χ2v) is 4.89. The number of fused-ring (bicyclic) bond motifs is 1. The SMILES string of the molecule is Cc1oc2c(c1CC(C)N)C(C)[NH2+]C(=O)N2C. The Hall–Kier alpha value is -1.33. The number of anilines is 1. The van der Waals surface area contributed by atoms with Gasteiger partial charge < -0.3 is 10.2 Å². The number of primary amides is 1. The summed E-state index contributed by atoms with van der Waals surface area (Å²) in [6.45, 7) is 5.93. The van der Waals surface area contributed by atoms with E-state index in [-0.39, 0.29) is 18.1 Å². The van der Waals surface area contributed by atoms with Crippen molar-refractivity contribution in [3.05, 3.63) is 16.9 Å². The normalized spacial score (nSPS) is 21.6. The van der Waals surface area contributed by atoms with Gasteiger partial charge >= 0.3 is 6.03 Å². The predicted octanol–water partition coefficient (Wildman–Crippen LogP) is 0.672. The smallest absolute Gasteiger partial charge is 0.422 e. The number of hydrogen-bond acceptors (Lipinski definition) is 3. The average Bonchev–Trinajstić information content (AvgIpc) is 2.53. The van der Waals surface area contributed by atoms with Gasteiger partial charge in [0, 0.05) is 18.7 Å². The van der Waals surface area contributed by atoms with Crippen molar-refractivity contribution in [2.24, 2.45) is 5.73 Å². The molecule has 4 N–H and O–H groups in total. The first-order valence-corrected chi connectivity index (χ1v) is 5.92. The number of nitrogens with two attached hydrogens (primary N) is 2. The first kappa shape index (κ1) is 12.1. The summed E-state index contributed by atoms with van der Waals surface area (Å²) in [4.78, 5) is 13.3. The van der Waals surface area contributed by atoms with Crippen molar-refractivity contribution in [1.29, 1.82) is 0 Å². The minimum Gasteiger partial charge on any atom is -0.444 e. The van der Waals surface area contributed by atoms with E-state index in [0.717, 1.165) is 23.3 Å². The molecule has 0 bridgehead atoms. The van der Waals surface area contributed by atoms with Crippen LogP contribution in [0.3, 0.4) is 0 Å². The van der Waals surface area contributed by atoms with Gasteiger partial charge in [-0.15, -0.1) is 0 Å². The molecule has 1 aromatic rings. The van der Waals surface area contributed by atoms with Gasteiger partial charge in [-0.3, -0.25) is 5.32 Å². The van der Waals surface area contributed by atoms with Crippen LogP contribution in [0.4, 0.5) is 10.7 Å². The third-order valence-electron chi connectivity index (χ3n) is 3.24. The van der Waals surface area contributed by atoms with Crippen LogP contribution in [0.25, 0.3) is 0 Å². The highest BCUT2D eigenvalue weighted by atomic mass is 16.4. The standard InChI is InChI=1S/C12H19N3O2/c1-6(13)5-9-8(3)17-11-10(9)7(2)14-12(16)15(11)4/h6-7H,5,13H2,1-4H3,(H,14,16)/p+1. The minimum absolute atomic E-state index is 0.00824. The number of nitrogens with zero attached hydrogens (tertiary/aromatic N) is 1. The summed E-state index contributed by atoms with van der Waals surface area (Å²) in [5, 5.41) is 1.72. The van der Waals surface area contributed by atoms with Crippen LogP contribution in [0.15, 0.2) is 4.42 Å². The van der Waals surface area contributed by atoms with Crippen LogP contribution in [0, 0.1) is 6.92 Å². The molecule has 94 valence electrons. The van der Waals surface area contributed by atoms with Crippen LogP contribution >= 0.6 is 0 Å².